The number of fused-ring (bicyclic) bond motifs is 2. The smallest absolute Gasteiger partial charge is 0.408 e. The summed E-state index contributed by atoms with van der Waals surface area (Å²) in [5.41, 5.74) is 0.553. The van der Waals surface area contributed by atoms with Crippen LogP contribution in [0.3, 0.4) is 0 Å². The normalized spacial score (nSPS) is 38.3. The summed E-state index contributed by atoms with van der Waals surface area (Å²) >= 11 is 0. The van der Waals surface area contributed by atoms with E-state index in [0.717, 1.165) is 24.8 Å². The zero-order valence-electron chi connectivity index (χ0n) is 14.5. The topological polar surface area (TPSA) is 64.6 Å². The first-order valence-electron chi connectivity index (χ1n) is 8.49. The molecule has 1 N–H and O–H groups in total. The number of allylic oxidation sites excluding steroid dienone is 1. The molecule has 1 aliphatic heterocycles. The van der Waals surface area contributed by atoms with Crippen LogP contribution in [0.15, 0.2) is 11.6 Å². The zero-order chi connectivity index (χ0) is 16.9. The van der Waals surface area contributed by atoms with Crippen molar-refractivity contribution >= 4 is 12.1 Å². The van der Waals surface area contributed by atoms with E-state index in [2.05, 4.69) is 32.2 Å². The van der Waals surface area contributed by atoms with E-state index < -0.39 is 5.54 Å². The standard InChI is InChI=1S/C18H27NO4/c1-12(20)22-10-13-6-7-14-16(2,3)8-5-9-17(14,4)18(13)11-23-15(21)19-18/h6,14H,5,7-11H2,1-4H3,(H,19,21)/t14-,17-,18+/m0/s1. The molecule has 2 fully saturated rings. The molecular weight excluding hydrogens is 294 g/mol. The minimum atomic E-state index is -0.555. The molecule has 0 aromatic carbocycles. The van der Waals surface area contributed by atoms with Gasteiger partial charge in [-0.25, -0.2) is 4.79 Å². The molecule has 0 radical (unpaired) electrons. The molecule has 1 heterocycles. The fourth-order valence-electron chi connectivity index (χ4n) is 5.28. The van der Waals surface area contributed by atoms with Gasteiger partial charge in [0.2, 0.25) is 0 Å². The second-order valence-electron chi connectivity index (χ2n) is 8.16. The molecule has 3 aliphatic rings. The third-order valence-corrected chi connectivity index (χ3v) is 6.52. The molecule has 128 valence electrons. The highest BCUT2D eigenvalue weighted by molar-refractivity contribution is 5.73. The summed E-state index contributed by atoms with van der Waals surface area (Å²) in [6.45, 7) is 8.88. The van der Waals surface area contributed by atoms with Crippen LogP contribution in [0.1, 0.15) is 53.4 Å². The molecule has 23 heavy (non-hydrogen) atoms. The largest absolute Gasteiger partial charge is 0.461 e. The fraction of sp³-hybridized carbons (Fsp3) is 0.778. The van der Waals surface area contributed by atoms with Crippen LogP contribution < -0.4 is 5.32 Å². The third-order valence-electron chi connectivity index (χ3n) is 6.52. The molecule has 0 bridgehead atoms. The molecule has 1 amide bonds. The monoisotopic (exact) mass is 321 g/mol. The first-order chi connectivity index (χ1) is 10.7. The molecule has 1 saturated heterocycles. The molecule has 0 aromatic rings. The Hall–Kier alpha value is -1.52. The average Bonchev–Trinajstić information content (AvgIpc) is 2.83. The lowest BCUT2D eigenvalue weighted by Gasteiger charge is -2.60. The Labute approximate surface area is 137 Å². The molecule has 3 atom stereocenters. The third kappa shape index (κ3) is 2.36. The Bertz CT molecular complexity index is 567. The van der Waals surface area contributed by atoms with Gasteiger partial charge in [0.15, 0.2) is 0 Å². The van der Waals surface area contributed by atoms with Crippen molar-refractivity contribution in [2.75, 3.05) is 13.2 Å². The molecule has 5 heteroatoms. The van der Waals surface area contributed by atoms with Crippen molar-refractivity contribution < 1.29 is 19.1 Å². The van der Waals surface area contributed by atoms with Crippen LogP contribution in [0.2, 0.25) is 0 Å². The Morgan fingerprint density at radius 3 is 2.74 bits per heavy atom. The van der Waals surface area contributed by atoms with Crippen LogP contribution in [0.5, 0.6) is 0 Å². The second-order valence-corrected chi connectivity index (χ2v) is 8.16. The Morgan fingerprint density at radius 2 is 2.13 bits per heavy atom. The maximum Gasteiger partial charge on any atom is 0.408 e. The Balaban J connectivity index is 2.03. The molecule has 5 nitrogen and oxygen atoms in total. The molecule has 0 aromatic heterocycles. The van der Waals surface area contributed by atoms with Gasteiger partial charge in [0.1, 0.15) is 18.8 Å². The van der Waals surface area contributed by atoms with Crippen LogP contribution in [0.25, 0.3) is 0 Å². The van der Waals surface area contributed by atoms with Gasteiger partial charge in [-0.1, -0.05) is 33.3 Å². The number of nitrogens with one attached hydrogen (secondary N) is 1. The zero-order valence-corrected chi connectivity index (χ0v) is 14.5. The van der Waals surface area contributed by atoms with Crippen molar-refractivity contribution in [3.05, 3.63) is 11.6 Å². The highest BCUT2D eigenvalue weighted by atomic mass is 16.6. The number of ether oxygens (including phenoxy) is 2. The number of carbonyl (C=O) groups excluding carboxylic acids is 2. The van der Waals surface area contributed by atoms with E-state index in [1.807, 2.05) is 0 Å². The number of alkyl carbamates (subject to hydrolysis) is 1. The number of cyclic esters (lactones) is 1. The van der Waals surface area contributed by atoms with Crippen molar-refractivity contribution in [3.8, 4) is 0 Å². The van der Waals surface area contributed by atoms with Crippen LogP contribution in [-0.2, 0) is 14.3 Å². The molecule has 1 saturated carbocycles. The summed E-state index contributed by atoms with van der Waals surface area (Å²) in [6.07, 6.45) is 6.13. The summed E-state index contributed by atoms with van der Waals surface area (Å²) in [6, 6.07) is 0. The fourth-order valence-corrected chi connectivity index (χ4v) is 5.28. The van der Waals surface area contributed by atoms with Crippen molar-refractivity contribution in [1.82, 2.24) is 5.32 Å². The minimum absolute atomic E-state index is 0.0921. The SMILES string of the molecule is CC(=O)OCC1=CC[C@H]2C(C)(C)CCC[C@]2(C)[C@@]12COC(=O)N2. The van der Waals surface area contributed by atoms with Gasteiger partial charge in [-0.2, -0.15) is 0 Å². The highest BCUT2D eigenvalue weighted by Crippen LogP contribution is 2.61. The lowest BCUT2D eigenvalue weighted by Crippen LogP contribution is -2.65. The van der Waals surface area contributed by atoms with Crippen LogP contribution in [0.4, 0.5) is 4.79 Å². The average molecular weight is 321 g/mol. The predicted octanol–water partition coefficient (Wildman–Crippen LogP) is 3.19. The van der Waals surface area contributed by atoms with E-state index in [0.29, 0.717) is 12.5 Å². The lowest BCUT2D eigenvalue weighted by molar-refractivity contribution is -0.141. The maximum atomic E-state index is 11.9. The number of hydrogen-bond donors (Lipinski definition) is 1. The van der Waals surface area contributed by atoms with Gasteiger partial charge in [0.05, 0.1) is 0 Å². The summed E-state index contributed by atoms with van der Waals surface area (Å²) in [4.78, 5) is 23.2. The highest BCUT2D eigenvalue weighted by Gasteiger charge is 2.63. The Kier molecular flexibility index (Phi) is 3.73. The van der Waals surface area contributed by atoms with Gasteiger partial charge in [-0.3, -0.25) is 4.79 Å². The quantitative estimate of drug-likeness (QED) is 0.626. The van der Waals surface area contributed by atoms with E-state index in [1.54, 1.807) is 0 Å². The predicted molar refractivity (Wildman–Crippen MR) is 85.8 cm³/mol. The lowest BCUT2D eigenvalue weighted by atomic mass is 9.46. The number of amides is 1. The van der Waals surface area contributed by atoms with Crippen LogP contribution in [0, 0.1) is 16.7 Å². The van der Waals surface area contributed by atoms with Gasteiger partial charge in [-0.15, -0.1) is 0 Å². The molecule has 2 aliphatic carbocycles. The van der Waals surface area contributed by atoms with E-state index in [-0.39, 0.29) is 29.5 Å². The van der Waals surface area contributed by atoms with Crippen LogP contribution in [-0.4, -0.2) is 30.8 Å². The van der Waals surface area contributed by atoms with E-state index >= 15 is 0 Å². The molecule has 3 rings (SSSR count). The number of hydrogen-bond acceptors (Lipinski definition) is 4. The number of carbonyl (C=O) groups is 2. The van der Waals surface area contributed by atoms with E-state index in [1.165, 1.54) is 13.3 Å². The van der Waals surface area contributed by atoms with E-state index in [9.17, 15) is 9.59 Å². The summed E-state index contributed by atoms with van der Waals surface area (Å²) in [5, 5.41) is 3.10. The number of esters is 1. The van der Waals surface area contributed by atoms with Gasteiger partial charge in [0, 0.05) is 12.3 Å². The summed E-state index contributed by atoms with van der Waals surface area (Å²) in [7, 11) is 0. The number of rotatable bonds is 2. The summed E-state index contributed by atoms with van der Waals surface area (Å²) in [5.74, 6) is 0.161. The van der Waals surface area contributed by atoms with Gasteiger partial charge < -0.3 is 14.8 Å². The molecular formula is C18H27NO4. The van der Waals surface area contributed by atoms with Crippen molar-refractivity contribution in [1.29, 1.82) is 0 Å². The van der Waals surface area contributed by atoms with Gasteiger partial charge >= 0.3 is 12.1 Å². The van der Waals surface area contributed by atoms with E-state index in [4.69, 9.17) is 9.47 Å². The molecule has 0 unspecified atom stereocenters. The van der Waals surface area contributed by atoms with Crippen LogP contribution >= 0.6 is 0 Å². The minimum Gasteiger partial charge on any atom is -0.461 e. The Morgan fingerprint density at radius 1 is 1.39 bits per heavy atom. The van der Waals surface area contributed by atoms with Crippen molar-refractivity contribution in [3.63, 3.8) is 0 Å². The van der Waals surface area contributed by atoms with Gasteiger partial charge in [0.25, 0.3) is 0 Å². The van der Waals surface area contributed by atoms with Gasteiger partial charge in [-0.05, 0) is 36.2 Å². The maximum absolute atomic E-state index is 11.9. The summed E-state index contributed by atoms with van der Waals surface area (Å²) < 4.78 is 10.6. The van der Waals surface area contributed by atoms with Crippen molar-refractivity contribution in [2.24, 2.45) is 16.7 Å². The first kappa shape index (κ1) is 16.3. The second kappa shape index (κ2) is 5.25. The van der Waals surface area contributed by atoms with Crippen molar-refractivity contribution in [2.45, 2.75) is 58.9 Å². The first-order valence-corrected chi connectivity index (χ1v) is 8.49. The molecule has 1 spiro atoms.